The van der Waals surface area contributed by atoms with Crippen LogP contribution in [0.15, 0.2) is 71.6 Å². The van der Waals surface area contributed by atoms with Gasteiger partial charge in [0, 0.05) is 24.2 Å². The largest absolute Gasteiger partial charge is 0.325 e. The van der Waals surface area contributed by atoms with Gasteiger partial charge >= 0.3 is 0 Å². The fraction of sp³-hybridized carbons (Fsp3) is 0.261. The van der Waals surface area contributed by atoms with Crippen LogP contribution in [0.4, 0.5) is 11.4 Å². The summed E-state index contributed by atoms with van der Waals surface area (Å²) in [6.07, 6.45) is 1.05. The van der Waals surface area contributed by atoms with E-state index in [0.717, 1.165) is 15.9 Å². The Hall–Kier alpha value is -2.95. The quantitative estimate of drug-likeness (QED) is 0.497. The predicted octanol–water partition coefficient (Wildman–Crippen LogP) is 3.28. The van der Waals surface area contributed by atoms with Crippen molar-refractivity contribution in [3.05, 3.63) is 66.7 Å². The van der Waals surface area contributed by atoms with Crippen LogP contribution in [0.25, 0.3) is 10.8 Å². The third-order valence-electron chi connectivity index (χ3n) is 5.20. The molecule has 0 bridgehead atoms. The lowest BCUT2D eigenvalue weighted by Gasteiger charge is -2.23. The molecule has 0 aliphatic rings. The lowest BCUT2D eigenvalue weighted by Crippen LogP contribution is -2.37. The van der Waals surface area contributed by atoms with Gasteiger partial charge in [-0.25, -0.2) is 16.8 Å². The number of benzene rings is 3. The Balaban J connectivity index is 1.82. The van der Waals surface area contributed by atoms with Crippen molar-refractivity contribution in [2.75, 3.05) is 35.5 Å². The van der Waals surface area contributed by atoms with Gasteiger partial charge in [0.1, 0.15) is 6.54 Å². The lowest BCUT2D eigenvalue weighted by atomic mass is 10.1. The Morgan fingerprint density at radius 1 is 0.848 bits per heavy atom. The average Bonchev–Trinajstić information content (AvgIpc) is 2.77. The van der Waals surface area contributed by atoms with E-state index in [-0.39, 0.29) is 4.90 Å². The highest BCUT2D eigenvalue weighted by Gasteiger charge is 2.24. The van der Waals surface area contributed by atoms with Crippen molar-refractivity contribution in [1.82, 2.24) is 4.31 Å². The Kier molecular flexibility index (Phi) is 7.41. The third-order valence-corrected chi connectivity index (χ3v) is 8.39. The van der Waals surface area contributed by atoms with E-state index >= 15 is 0 Å². The van der Waals surface area contributed by atoms with Crippen molar-refractivity contribution in [2.24, 2.45) is 0 Å². The molecule has 0 heterocycles. The molecule has 0 aliphatic carbocycles. The molecule has 33 heavy (non-hydrogen) atoms. The Morgan fingerprint density at radius 3 is 2.06 bits per heavy atom. The first-order valence-corrected chi connectivity index (χ1v) is 13.7. The molecule has 0 radical (unpaired) electrons. The Bertz CT molecular complexity index is 1350. The lowest BCUT2D eigenvalue weighted by molar-refractivity contribution is -0.114. The van der Waals surface area contributed by atoms with Crippen molar-refractivity contribution in [1.29, 1.82) is 0 Å². The first kappa shape index (κ1) is 24.7. The van der Waals surface area contributed by atoms with Crippen LogP contribution in [0, 0.1) is 0 Å². The van der Waals surface area contributed by atoms with Gasteiger partial charge in [0.05, 0.1) is 16.8 Å². The first-order valence-electron chi connectivity index (χ1n) is 10.4. The highest BCUT2D eigenvalue weighted by Crippen LogP contribution is 2.28. The van der Waals surface area contributed by atoms with E-state index in [1.807, 2.05) is 18.2 Å². The molecule has 1 amide bonds. The number of nitrogens with one attached hydrogen (secondary N) is 1. The molecule has 0 unspecified atom stereocenters. The molecule has 3 aromatic carbocycles. The van der Waals surface area contributed by atoms with E-state index in [1.165, 1.54) is 28.6 Å². The molecule has 176 valence electrons. The van der Waals surface area contributed by atoms with Crippen LogP contribution in [-0.2, 0) is 24.8 Å². The number of anilines is 2. The maximum absolute atomic E-state index is 12.7. The topological polar surface area (TPSA) is 104 Å². The normalized spacial score (nSPS) is 12.1. The van der Waals surface area contributed by atoms with Crippen molar-refractivity contribution in [3.8, 4) is 0 Å². The molecule has 3 aromatic rings. The summed E-state index contributed by atoms with van der Waals surface area (Å²) < 4.78 is 52.7. The molecule has 0 saturated heterocycles. The van der Waals surface area contributed by atoms with E-state index in [4.69, 9.17) is 0 Å². The van der Waals surface area contributed by atoms with E-state index < -0.39 is 32.5 Å². The second-order valence-electron chi connectivity index (χ2n) is 7.43. The van der Waals surface area contributed by atoms with Crippen LogP contribution in [0.5, 0.6) is 0 Å². The molecule has 8 nitrogen and oxygen atoms in total. The molecule has 0 aliphatic heterocycles. The van der Waals surface area contributed by atoms with Crippen molar-refractivity contribution < 1.29 is 21.6 Å². The summed E-state index contributed by atoms with van der Waals surface area (Å²) >= 11 is 0. The fourth-order valence-electron chi connectivity index (χ4n) is 3.56. The SMILES string of the molecule is CCN(CC)S(=O)(=O)c1ccc(NC(=O)CN(c2cccc3ccccc23)S(C)(=O)=O)cc1. The number of nitrogens with zero attached hydrogens (tertiary/aromatic N) is 2. The smallest absolute Gasteiger partial charge is 0.245 e. The molecule has 0 atom stereocenters. The number of hydrogen-bond acceptors (Lipinski definition) is 5. The maximum atomic E-state index is 12.7. The van der Waals surface area contributed by atoms with Crippen LogP contribution in [-0.4, -0.2) is 52.9 Å². The molecule has 10 heteroatoms. The van der Waals surface area contributed by atoms with E-state index in [0.29, 0.717) is 29.9 Å². The molecule has 0 spiro atoms. The number of sulfonamides is 2. The van der Waals surface area contributed by atoms with Gasteiger partial charge < -0.3 is 5.32 Å². The van der Waals surface area contributed by atoms with Gasteiger partial charge in [0.25, 0.3) is 0 Å². The molecule has 3 rings (SSSR count). The third kappa shape index (κ3) is 5.52. The minimum atomic E-state index is -3.75. The van der Waals surface area contributed by atoms with Gasteiger partial charge in [-0.3, -0.25) is 9.10 Å². The average molecular weight is 490 g/mol. The maximum Gasteiger partial charge on any atom is 0.245 e. The Morgan fingerprint density at radius 2 is 1.45 bits per heavy atom. The van der Waals surface area contributed by atoms with Crippen LogP contribution < -0.4 is 9.62 Å². The van der Waals surface area contributed by atoms with E-state index in [9.17, 15) is 21.6 Å². The number of fused-ring (bicyclic) bond motifs is 1. The van der Waals surface area contributed by atoms with Gasteiger partial charge in [-0.2, -0.15) is 4.31 Å². The van der Waals surface area contributed by atoms with Gasteiger partial charge in [0.2, 0.25) is 26.0 Å². The van der Waals surface area contributed by atoms with Gasteiger partial charge in [-0.05, 0) is 35.7 Å². The summed E-state index contributed by atoms with van der Waals surface area (Å²) in [5.74, 6) is -0.548. The molecular formula is C23H27N3O5S2. The Labute approximate surface area is 194 Å². The summed E-state index contributed by atoms with van der Waals surface area (Å²) in [4.78, 5) is 12.8. The van der Waals surface area contributed by atoms with Gasteiger partial charge in [-0.15, -0.1) is 0 Å². The zero-order valence-corrected chi connectivity index (χ0v) is 20.4. The van der Waals surface area contributed by atoms with Crippen LogP contribution in [0.1, 0.15) is 13.8 Å². The number of carbonyl (C=O) groups excluding carboxylic acids is 1. The minimum Gasteiger partial charge on any atom is -0.325 e. The standard InChI is InChI=1S/C23H27N3O5S2/c1-4-25(5-2)33(30,31)20-15-13-19(14-16-20)24-23(27)17-26(32(3,28)29)22-12-8-10-18-9-6-7-11-21(18)22/h6-16H,4-5,17H2,1-3H3,(H,24,27). The van der Waals surface area contributed by atoms with Crippen molar-refractivity contribution in [3.63, 3.8) is 0 Å². The zero-order chi connectivity index (χ0) is 24.2. The van der Waals surface area contributed by atoms with Gasteiger partial charge in [0.15, 0.2) is 0 Å². The number of carbonyl (C=O) groups is 1. The number of rotatable bonds is 9. The highest BCUT2D eigenvalue weighted by atomic mass is 32.2. The molecule has 1 N–H and O–H groups in total. The second-order valence-corrected chi connectivity index (χ2v) is 11.3. The fourth-order valence-corrected chi connectivity index (χ4v) is 5.89. The molecular weight excluding hydrogens is 462 g/mol. The summed E-state index contributed by atoms with van der Waals surface area (Å²) in [6, 6.07) is 18.4. The second kappa shape index (κ2) is 9.90. The van der Waals surface area contributed by atoms with Gasteiger partial charge in [-0.1, -0.05) is 50.2 Å². The summed E-state index contributed by atoms with van der Waals surface area (Å²) in [5, 5.41) is 4.21. The highest BCUT2D eigenvalue weighted by molar-refractivity contribution is 7.92. The van der Waals surface area contributed by atoms with E-state index in [2.05, 4.69) is 5.32 Å². The van der Waals surface area contributed by atoms with Crippen LogP contribution in [0.3, 0.4) is 0 Å². The van der Waals surface area contributed by atoms with Crippen molar-refractivity contribution >= 4 is 48.1 Å². The summed E-state index contributed by atoms with van der Waals surface area (Å²) in [6.45, 7) is 3.81. The van der Waals surface area contributed by atoms with Crippen LogP contribution in [0.2, 0.25) is 0 Å². The molecule has 0 aromatic heterocycles. The minimum absolute atomic E-state index is 0.123. The van der Waals surface area contributed by atoms with E-state index in [1.54, 1.807) is 38.1 Å². The predicted molar refractivity (Wildman–Crippen MR) is 131 cm³/mol. The van der Waals surface area contributed by atoms with Crippen molar-refractivity contribution in [2.45, 2.75) is 18.7 Å². The molecule has 0 fully saturated rings. The zero-order valence-electron chi connectivity index (χ0n) is 18.7. The monoisotopic (exact) mass is 489 g/mol. The van der Waals surface area contributed by atoms with Crippen LogP contribution >= 0.6 is 0 Å². The summed E-state index contributed by atoms with van der Waals surface area (Å²) in [5.41, 5.74) is 0.774. The number of amides is 1. The molecule has 0 saturated carbocycles. The summed E-state index contributed by atoms with van der Waals surface area (Å²) in [7, 11) is -7.36. The first-order chi connectivity index (χ1) is 15.6. The number of hydrogen-bond donors (Lipinski definition) is 1.